The minimum Gasteiger partial charge on any atom is -0.462 e. The Morgan fingerprint density at radius 2 is 0.857 bits per heavy atom. The van der Waals surface area contributed by atoms with Gasteiger partial charge in [0, 0.05) is 6.42 Å². The predicted octanol–water partition coefficient (Wildman–Crippen LogP) is 16.0. The number of carbonyl (C=O) groups is 2. The normalized spacial score (nSPS) is 13.9. The summed E-state index contributed by atoms with van der Waals surface area (Å²) in [5.41, 5.74) is 0. The van der Waals surface area contributed by atoms with Gasteiger partial charge in [-0.15, -0.1) is 0 Å². The summed E-state index contributed by atoms with van der Waals surface area (Å²) in [6, 6.07) is -0.722. The van der Waals surface area contributed by atoms with Crippen LogP contribution in [-0.2, 0) is 14.3 Å². The summed E-state index contributed by atoms with van der Waals surface area (Å²) in [4.78, 5) is 26.1. The van der Waals surface area contributed by atoms with Crippen LogP contribution in [0, 0.1) is 0 Å². The number of aliphatic hydroxyl groups is 2. The maximum atomic E-state index is 13.2. The number of nitrogens with one attached hydrogen (secondary N) is 1. The molecule has 3 N–H and O–H groups in total. The lowest BCUT2D eigenvalue weighted by Gasteiger charge is -2.24. The van der Waals surface area contributed by atoms with E-state index in [9.17, 15) is 19.8 Å². The second kappa shape index (κ2) is 50.0. The van der Waals surface area contributed by atoms with Gasteiger partial charge < -0.3 is 20.3 Å². The number of rotatable bonds is 46. The van der Waals surface area contributed by atoms with Crippen LogP contribution in [0.4, 0.5) is 0 Å². The molecule has 6 nitrogen and oxygen atoms in total. The standard InChI is InChI=1S/C57H99NO5/c1-4-7-10-13-16-19-22-24-26-27-28-29-31-33-35-38-41-44-47-50-57(62)63-53(48-45-42-39-36-34-32-30-25-23-20-17-14-11-8-5-2)51-56(61)58-54(52-59)55(60)49-46-43-40-37-21-18-15-12-9-6-3/h7,10,16,19,24-26,28-30,33,35,41,44,53-55,59-60H,4-6,8-9,11-15,17-18,20-23,27,31-32,34,36-40,42-43,45-52H2,1-3H3,(H,58,61)/b10-7-,19-16-,26-24-,29-28-,30-25+,35-33-,44-41-. The summed E-state index contributed by atoms with van der Waals surface area (Å²) in [5, 5.41) is 23.7. The average molecular weight is 878 g/mol. The van der Waals surface area contributed by atoms with Gasteiger partial charge in [-0.1, -0.05) is 221 Å². The van der Waals surface area contributed by atoms with E-state index in [0.29, 0.717) is 19.3 Å². The van der Waals surface area contributed by atoms with Crippen molar-refractivity contribution in [1.82, 2.24) is 5.32 Å². The number of allylic oxidation sites excluding steroid dienone is 14. The van der Waals surface area contributed by atoms with Crippen LogP contribution in [0.1, 0.15) is 239 Å². The van der Waals surface area contributed by atoms with Crippen LogP contribution >= 0.6 is 0 Å². The van der Waals surface area contributed by atoms with Gasteiger partial charge in [-0.25, -0.2) is 0 Å². The Kier molecular flexibility index (Phi) is 47.7. The van der Waals surface area contributed by atoms with Gasteiger partial charge >= 0.3 is 5.97 Å². The van der Waals surface area contributed by atoms with Crippen LogP contribution in [0.5, 0.6) is 0 Å². The van der Waals surface area contributed by atoms with Crippen molar-refractivity contribution >= 4 is 11.9 Å². The molecule has 0 fully saturated rings. The Labute approximate surface area is 389 Å². The van der Waals surface area contributed by atoms with E-state index in [4.69, 9.17) is 4.74 Å². The van der Waals surface area contributed by atoms with Crippen molar-refractivity contribution in [3.63, 3.8) is 0 Å². The molecule has 0 aliphatic rings. The molecular formula is C57H99NO5. The lowest BCUT2D eigenvalue weighted by Crippen LogP contribution is -2.46. The molecule has 0 bridgehead atoms. The highest BCUT2D eigenvalue weighted by Crippen LogP contribution is 2.17. The third kappa shape index (κ3) is 45.4. The van der Waals surface area contributed by atoms with Gasteiger partial charge in [0.2, 0.25) is 5.91 Å². The van der Waals surface area contributed by atoms with E-state index in [2.05, 4.69) is 105 Å². The monoisotopic (exact) mass is 878 g/mol. The highest BCUT2D eigenvalue weighted by Gasteiger charge is 2.24. The van der Waals surface area contributed by atoms with Gasteiger partial charge in [0.25, 0.3) is 0 Å². The number of hydrogen-bond acceptors (Lipinski definition) is 5. The fourth-order valence-electron chi connectivity index (χ4n) is 7.51. The Morgan fingerprint density at radius 1 is 0.476 bits per heavy atom. The van der Waals surface area contributed by atoms with Crippen molar-refractivity contribution in [2.24, 2.45) is 0 Å². The van der Waals surface area contributed by atoms with E-state index in [-0.39, 0.29) is 31.3 Å². The predicted molar refractivity (Wildman–Crippen MR) is 273 cm³/mol. The molecule has 0 aromatic rings. The number of hydrogen-bond donors (Lipinski definition) is 3. The third-order valence-electron chi connectivity index (χ3n) is 11.5. The second-order valence-electron chi connectivity index (χ2n) is 17.5. The number of esters is 1. The van der Waals surface area contributed by atoms with E-state index in [0.717, 1.165) is 83.5 Å². The highest BCUT2D eigenvalue weighted by molar-refractivity contribution is 5.77. The molecule has 0 spiro atoms. The van der Waals surface area contributed by atoms with E-state index < -0.39 is 18.2 Å². The highest BCUT2D eigenvalue weighted by atomic mass is 16.5. The fourth-order valence-corrected chi connectivity index (χ4v) is 7.51. The zero-order chi connectivity index (χ0) is 45.9. The molecule has 3 unspecified atom stereocenters. The van der Waals surface area contributed by atoms with E-state index in [1.807, 2.05) is 6.08 Å². The Hall–Kier alpha value is -2.96. The molecule has 0 aromatic heterocycles. The molecule has 1 amide bonds. The van der Waals surface area contributed by atoms with Crippen molar-refractivity contribution in [1.29, 1.82) is 0 Å². The van der Waals surface area contributed by atoms with Crippen molar-refractivity contribution in [3.8, 4) is 0 Å². The fraction of sp³-hybridized carbons (Fsp3) is 0.719. The van der Waals surface area contributed by atoms with Crippen LogP contribution in [-0.4, -0.2) is 46.9 Å². The molecule has 0 aliphatic heterocycles. The maximum Gasteiger partial charge on any atom is 0.306 e. The molecular weight excluding hydrogens is 779 g/mol. The minimum atomic E-state index is -0.805. The summed E-state index contributed by atoms with van der Waals surface area (Å²) in [6.07, 6.45) is 65.1. The second-order valence-corrected chi connectivity index (χ2v) is 17.5. The summed E-state index contributed by atoms with van der Waals surface area (Å²) in [6.45, 7) is 6.33. The smallest absolute Gasteiger partial charge is 0.306 e. The van der Waals surface area contributed by atoms with Gasteiger partial charge in [-0.05, 0) is 89.9 Å². The lowest BCUT2D eigenvalue weighted by atomic mass is 10.0. The van der Waals surface area contributed by atoms with Crippen LogP contribution in [0.2, 0.25) is 0 Å². The van der Waals surface area contributed by atoms with Crippen molar-refractivity contribution in [2.75, 3.05) is 6.61 Å². The number of ether oxygens (including phenoxy) is 1. The molecule has 0 rings (SSSR count). The van der Waals surface area contributed by atoms with Crippen LogP contribution < -0.4 is 5.32 Å². The summed E-state index contributed by atoms with van der Waals surface area (Å²) >= 11 is 0. The van der Waals surface area contributed by atoms with Gasteiger partial charge in [-0.3, -0.25) is 9.59 Å². The molecule has 6 heteroatoms. The first kappa shape index (κ1) is 60.0. The summed E-state index contributed by atoms with van der Waals surface area (Å²) < 4.78 is 5.89. The molecule has 0 aromatic carbocycles. The first-order chi connectivity index (χ1) is 31.0. The maximum absolute atomic E-state index is 13.2. The van der Waals surface area contributed by atoms with Gasteiger partial charge in [0.1, 0.15) is 6.10 Å². The molecule has 0 aliphatic carbocycles. The Morgan fingerprint density at radius 3 is 1.30 bits per heavy atom. The van der Waals surface area contributed by atoms with Crippen molar-refractivity contribution in [3.05, 3.63) is 85.1 Å². The van der Waals surface area contributed by atoms with Gasteiger partial charge in [-0.2, -0.15) is 0 Å². The number of carbonyl (C=O) groups excluding carboxylic acids is 2. The molecule has 0 radical (unpaired) electrons. The zero-order valence-electron chi connectivity index (χ0n) is 41.2. The molecule has 362 valence electrons. The summed E-state index contributed by atoms with van der Waals surface area (Å²) in [5.74, 6) is -0.585. The zero-order valence-corrected chi connectivity index (χ0v) is 41.2. The van der Waals surface area contributed by atoms with E-state index >= 15 is 0 Å². The Bertz CT molecular complexity index is 1210. The summed E-state index contributed by atoms with van der Waals surface area (Å²) in [7, 11) is 0. The number of unbranched alkanes of at least 4 members (excludes halogenated alkanes) is 20. The van der Waals surface area contributed by atoms with Crippen LogP contribution in [0.3, 0.4) is 0 Å². The number of aliphatic hydroxyl groups excluding tert-OH is 2. The number of amides is 1. The molecule has 0 saturated heterocycles. The lowest BCUT2D eigenvalue weighted by molar-refractivity contribution is -0.150. The molecule has 63 heavy (non-hydrogen) atoms. The SMILES string of the molecule is CC/C=C\C/C=C\C/C=C\C/C=C\C/C=C\C/C=C\CCC(=O)OC(CCCCCCC/C=C/CCCCCCCC)CC(=O)NC(CO)C(O)CCCCCCCCCCCC. The largest absolute Gasteiger partial charge is 0.462 e. The van der Waals surface area contributed by atoms with E-state index in [1.165, 1.54) is 103 Å². The van der Waals surface area contributed by atoms with Crippen molar-refractivity contribution in [2.45, 2.75) is 257 Å². The van der Waals surface area contributed by atoms with Crippen molar-refractivity contribution < 1.29 is 24.5 Å². The minimum absolute atomic E-state index is 0.0382. The van der Waals surface area contributed by atoms with Crippen LogP contribution in [0.15, 0.2) is 85.1 Å². The van der Waals surface area contributed by atoms with Gasteiger partial charge in [0.05, 0.1) is 25.2 Å². The molecule has 0 heterocycles. The molecule has 0 saturated carbocycles. The topological polar surface area (TPSA) is 95.9 Å². The molecule has 3 atom stereocenters. The average Bonchev–Trinajstić information content (AvgIpc) is 3.28. The third-order valence-corrected chi connectivity index (χ3v) is 11.5. The van der Waals surface area contributed by atoms with Crippen LogP contribution in [0.25, 0.3) is 0 Å². The first-order valence-corrected chi connectivity index (χ1v) is 26.3. The first-order valence-electron chi connectivity index (χ1n) is 26.3. The Balaban J connectivity index is 4.72. The van der Waals surface area contributed by atoms with Gasteiger partial charge in [0.15, 0.2) is 0 Å². The van der Waals surface area contributed by atoms with E-state index in [1.54, 1.807) is 0 Å². The quantitative estimate of drug-likeness (QED) is 0.0322.